The minimum atomic E-state index is -6.22. The van der Waals surface area contributed by atoms with Crippen molar-refractivity contribution >= 4 is 39.4 Å². The third kappa shape index (κ3) is 4.91. The summed E-state index contributed by atoms with van der Waals surface area (Å²) in [5.41, 5.74) is -8.12. The Morgan fingerprint density at radius 3 is 2.00 bits per heavy atom. The topological polar surface area (TPSA) is 148 Å². The van der Waals surface area contributed by atoms with Crippen LogP contribution in [0.5, 0.6) is 5.75 Å². The smallest absolute Gasteiger partial charge is 0.464 e. The number of pyridine rings is 1. The van der Waals surface area contributed by atoms with Gasteiger partial charge in [0, 0.05) is 10.9 Å². The molecule has 31 heavy (non-hydrogen) atoms. The number of methoxy groups -OCH3 is 3. The summed E-state index contributed by atoms with van der Waals surface area (Å²) in [6.07, 6.45) is 0. The van der Waals surface area contributed by atoms with Gasteiger partial charge in [-0.25, -0.2) is 24.4 Å². The lowest BCUT2D eigenvalue weighted by Gasteiger charge is -2.14. The second kappa shape index (κ2) is 8.84. The number of alkyl halides is 3. The molecule has 0 fully saturated rings. The summed E-state index contributed by atoms with van der Waals surface area (Å²) in [5, 5.41) is 1.03. The molecule has 0 N–H and O–H groups in total. The van der Waals surface area contributed by atoms with Gasteiger partial charge in [-0.3, -0.25) is 0 Å². The van der Waals surface area contributed by atoms with E-state index < -0.39 is 50.7 Å². The lowest BCUT2D eigenvalue weighted by Crippen LogP contribution is -2.29. The molecule has 0 amide bonds. The van der Waals surface area contributed by atoms with Crippen LogP contribution in [-0.2, 0) is 24.3 Å². The van der Waals surface area contributed by atoms with Crippen molar-refractivity contribution in [1.82, 2.24) is 9.97 Å². The van der Waals surface area contributed by atoms with Crippen LogP contribution >= 0.6 is 11.3 Å². The number of carbonyl (C=O) groups excluding carboxylic acids is 3. The Bertz CT molecular complexity index is 1140. The van der Waals surface area contributed by atoms with Gasteiger partial charge >= 0.3 is 33.5 Å². The predicted molar refractivity (Wildman–Crippen MR) is 95.0 cm³/mol. The minimum absolute atomic E-state index is 0.168. The highest BCUT2D eigenvalue weighted by Crippen LogP contribution is 2.35. The fraction of sp³-hybridized carbons (Fsp3) is 0.267. The lowest BCUT2D eigenvalue weighted by atomic mass is 10.1. The average molecular weight is 484 g/mol. The van der Waals surface area contributed by atoms with Crippen molar-refractivity contribution in [1.29, 1.82) is 0 Å². The first-order valence-corrected chi connectivity index (χ1v) is 9.91. The molecule has 2 rings (SSSR count). The van der Waals surface area contributed by atoms with Gasteiger partial charge in [-0.1, -0.05) is 0 Å². The van der Waals surface area contributed by atoms with E-state index in [0.717, 1.165) is 32.7 Å². The van der Waals surface area contributed by atoms with E-state index >= 15 is 0 Å². The molecule has 0 atom stereocenters. The first kappa shape index (κ1) is 24.0. The van der Waals surface area contributed by atoms with Gasteiger partial charge in [0.15, 0.2) is 22.8 Å². The monoisotopic (exact) mass is 484 g/mol. The number of hydrogen-bond acceptors (Lipinski definition) is 12. The quantitative estimate of drug-likeness (QED) is 0.256. The van der Waals surface area contributed by atoms with Gasteiger partial charge in [0.05, 0.1) is 21.3 Å². The highest BCUT2D eigenvalue weighted by molar-refractivity contribution is 7.88. The van der Waals surface area contributed by atoms with Gasteiger partial charge in [-0.15, -0.1) is 11.3 Å². The molecule has 0 aliphatic heterocycles. The molecule has 16 heteroatoms. The van der Waals surface area contributed by atoms with Gasteiger partial charge in [-0.05, 0) is 6.07 Å². The summed E-state index contributed by atoms with van der Waals surface area (Å²) < 4.78 is 78.6. The summed E-state index contributed by atoms with van der Waals surface area (Å²) >= 11 is 0.738. The van der Waals surface area contributed by atoms with E-state index in [2.05, 4.69) is 28.4 Å². The standard InChI is InChI=1S/C15H11F3N2O9S2/c1-26-12(21)7-5-30-11(19-7)6-4-8(29-31(24,25)15(16,17)18)10(14(23)28-3)20-9(6)13(22)27-2/h4-5H,1-3H3. The maximum absolute atomic E-state index is 12.8. The number of hydrogen-bond donors (Lipinski definition) is 0. The molecular weight excluding hydrogens is 473 g/mol. The average Bonchev–Trinajstić information content (AvgIpc) is 3.20. The van der Waals surface area contributed by atoms with Gasteiger partial charge in [0.1, 0.15) is 5.01 Å². The Morgan fingerprint density at radius 2 is 1.48 bits per heavy atom. The zero-order valence-corrected chi connectivity index (χ0v) is 17.3. The number of nitrogens with zero attached hydrogens (tertiary/aromatic N) is 2. The zero-order valence-electron chi connectivity index (χ0n) is 15.7. The molecule has 0 unspecified atom stereocenters. The van der Waals surface area contributed by atoms with E-state index in [1.165, 1.54) is 5.38 Å². The van der Waals surface area contributed by atoms with Gasteiger partial charge in [-0.2, -0.15) is 21.6 Å². The van der Waals surface area contributed by atoms with Crippen molar-refractivity contribution in [3.8, 4) is 16.3 Å². The highest BCUT2D eigenvalue weighted by atomic mass is 32.2. The molecule has 0 saturated heterocycles. The van der Waals surface area contributed by atoms with Gasteiger partial charge < -0.3 is 18.4 Å². The summed E-state index contributed by atoms with van der Waals surface area (Å²) in [6.45, 7) is 0. The third-order valence-electron chi connectivity index (χ3n) is 3.36. The molecule has 0 saturated carbocycles. The fourth-order valence-corrected chi connectivity index (χ4v) is 3.24. The number of ether oxygens (including phenoxy) is 3. The van der Waals surface area contributed by atoms with Crippen molar-refractivity contribution in [2.45, 2.75) is 5.51 Å². The van der Waals surface area contributed by atoms with E-state index in [1.807, 2.05) is 0 Å². The second-order valence-corrected chi connectivity index (χ2v) is 7.62. The molecule has 11 nitrogen and oxygen atoms in total. The van der Waals surface area contributed by atoms with Crippen LogP contribution in [-0.4, -0.2) is 63.1 Å². The molecule has 0 bridgehead atoms. The Labute approximate surface area is 175 Å². The molecular formula is C15H11F3N2O9S2. The predicted octanol–water partition coefficient (Wildman–Crippen LogP) is 1.79. The molecule has 2 aromatic heterocycles. The minimum Gasteiger partial charge on any atom is -0.464 e. The molecule has 2 aromatic rings. The van der Waals surface area contributed by atoms with Crippen LogP contribution in [0.25, 0.3) is 10.6 Å². The largest absolute Gasteiger partial charge is 0.534 e. The van der Waals surface area contributed by atoms with Crippen LogP contribution in [0.3, 0.4) is 0 Å². The number of carbonyl (C=O) groups is 3. The highest BCUT2D eigenvalue weighted by Gasteiger charge is 2.49. The van der Waals surface area contributed by atoms with Crippen molar-refractivity contribution < 1.29 is 54.4 Å². The molecule has 0 radical (unpaired) electrons. The summed E-state index contributed by atoms with van der Waals surface area (Å²) in [6, 6.07) is 0.606. The molecule has 0 aliphatic rings. The lowest BCUT2D eigenvalue weighted by molar-refractivity contribution is -0.0500. The number of rotatable bonds is 6. The SMILES string of the molecule is COC(=O)c1csc(-c2cc(OS(=O)(=O)C(F)(F)F)c(C(=O)OC)nc2C(=O)OC)n1. The first-order valence-electron chi connectivity index (χ1n) is 7.62. The zero-order chi connectivity index (χ0) is 23.6. The number of aromatic nitrogens is 2. The molecule has 2 heterocycles. The molecule has 0 aromatic carbocycles. The van der Waals surface area contributed by atoms with Gasteiger partial charge in [0.25, 0.3) is 0 Å². The first-order chi connectivity index (χ1) is 14.4. The van der Waals surface area contributed by atoms with E-state index in [0.29, 0.717) is 6.07 Å². The Morgan fingerprint density at radius 1 is 0.935 bits per heavy atom. The van der Waals surface area contributed by atoms with Crippen molar-refractivity contribution in [2.24, 2.45) is 0 Å². The van der Waals surface area contributed by atoms with Crippen molar-refractivity contribution in [2.75, 3.05) is 21.3 Å². The van der Waals surface area contributed by atoms with Crippen molar-refractivity contribution in [3.05, 3.63) is 28.5 Å². The van der Waals surface area contributed by atoms with Crippen LogP contribution in [0, 0.1) is 0 Å². The molecule has 0 spiro atoms. The van der Waals surface area contributed by atoms with Crippen LogP contribution < -0.4 is 4.18 Å². The van der Waals surface area contributed by atoms with E-state index in [-0.39, 0.29) is 16.3 Å². The van der Waals surface area contributed by atoms with E-state index in [9.17, 15) is 36.0 Å². The normalized spacial score (nSPS) is 11.5. The number of esters is 3. The third-order valence-corrected chi connectivity index (χ3v) is 5.20. The maximum Gasteiger partial charge on any atom is 0.534 e. The van der Waals surface area contributed by atoms with Crippen LogP contribution in [0.1, 0.15) is 31.5 Å². The number of halogens is 3. The fourth-order valence-electron chi connectivity index (χ4n) is 1.98. The Balaban J connectivity index is 2.79. The van der Waals surface area contributed by atoms with Crippen LogP contribution in [0.4, 0.5) is 13.2 Å². The van der Waals surface area contributed by atoms with Crippen LogP contribution in [0.15, 0.2) is 11.4 Å². The van der Waals surface area contributed by atoms with Crippen molar-refractivity contribution in [3.63, 3.8) is 0 Å². The van der Waals surface area contributed by atoms with Crippen LogP contribution in [0.2, 0.25) is 0 Å². The van der Waals surface area contributed by atoms with E-state index in [4.69, 9.17) is 0 Å². The van der Waals surface area contributed by atoms with E-state index in [1.54, 1.807) is 0 Å². The number of thiazole rings is 1. The molecule has 0 aliphatic carbocycles. The van der Waals surface area contributed by atoms with Gasteiger partial charge in [0.2, 0.25) is 0 Å². The summed E-state index contributed by atoms with van der Waals surface area (Å²) in [4.78, 5) is 43.1. The Kier molecular flexibility index (Phi) is 6.85. The molecule has 168 valence electrons. The second-order valence-electron chi connectivity index (χ2n) is 5.23. The summed E-state index contributed by atoms with van der Waals surface area (Å²) in [5.74, 6) is -4.61. The summed E-state index contributed by atoms with van der Waals surface area (Å²) in [7, 11) is -3.36. The maximum atomic E-state index is 12.8. The Hall–Kier alpha value is -3.27.